The molecule has 3 N–H and O–H groups in total. The Kier molecular flexibility index (Phi) is 4.33. The molecule has 0 amide bonds. The van der Waals surface area contributed by atoms with E-state index in [9.17, 15) is 5.11 Å². The lowest BCUT2D eigenvalue weighted by Crippen LogP contribution is -2.10. The Hall–Kier alpha value is -1.06. The average Bonchev–Trinajstić information content (AvgIpc) is 2.20. The van der Waals surface area contributed by atoms with Crippen molar-refractivity contribution in [3.63, 3.8) is 0 Å². The molecular formula is C13H21NO2. The highest BCUT2D eigenvalue weighted by atomic mass is 16.5. The number of hydrogen-bond acceptors (Lipinski definition) is 3. The van der Waals surface area contributed by atoms with Gasteiger partial charge in [0.25, 0.3) is 0 Å². The number of nitrogens with one attached hydrogen (secondary N) is 1. The Morgan fingerprint density at radius 1 is 1.06 bits per heavy atom. The van der Waals surface area contributed by atoms with Crippen LogP contribution in [0, 0.1) is 0 Å². The van der Waals surface area contributed by atoms with E-state index in [0.29, 0.717) is 11.7 Å². The molecule has 0 heterocycles. The Balaban J connectivity index is 3.29. The van der Waals surface area contributed by atoms with Crippen LogP contribution in [0.1, 0.15) is 56.2 Å². The van der Waals surface area contributed by atoms with Crippen LogP contribution in [-0.2, 0) is 6.54 Å². The lowest BCUT2D eigenvalue weighted by atomic mass is 9.91. The first kappa shape index (κ1) is 13.0. The second-order valence-electron chi connectivity index (χ2n) is 4.72. The Bertz CT molecular complexity index is 359. The van der Waals surface area contributed by atoms with E-state index >= 15 is 0 Å². The fourth-order valence-electron chi connectivity index (χ4n) is 1.94. The summed E-state index contributed by atoms with van der Waals surface area (Å²) in [5.74, 6) is 0.914. The van der Waals surface area contributed by atoms with Gasteiger partial charge in [-0.3, -0.25) is 0 Å². The van der Waals surface area contributed by atoms with Crippen LogP contribution in [0.15, 0.2) is 12.1 Å². The van der Waals surface area contributed by atoms with Gasteiger partial charge in [-0.1, -0.05) is 39.8 Å². The summed E-state index contributed by atoms with van der Waals surface area (Å²) in [6, 6.07) is 4.00. The zero-order chi connectivity index (χ0) is 12.3. The smallest absolute Gasteiger partial charge is 0.123 e. The molecule has 16 heavy (non-hydrogen) atoms. The van der Waals surface area contributed by atoms with E-state index in [1.54, 1.807) is 0 Å². The predicted octanol–water partition coefficient (Wildman–Crippen LogP) is 3.12. The number of hydrogen-bond donors (Lipinski definition) is 3. The third kappa shape index (κ3) is 2.54. The minimum atomic E-state index is 0.277. The highest BCUT2D eigenvalue weighted by molar-refractivity contribution is 5.47. The molecule has 0 fully saturated rings. The highest BCUT2D eigenvalue weighted by Crippen LogP contribution is 2.34. The summed E-state index contributed by atoms with van der Waals surface area (Å²) in [6.45, 7) is 8.51. The summed E-state index contributed by atoms with van der Waals surface area (Å²) in [7, 11) is 0. The SMILES string of the molecule is CC(C)c1ccc(C(C)C)c(CNO)c1O. The van der Waals surface area contributed by atoms with Crippen LogP contribution >= 0.6 is 0 Å². The van der Waals surface area contributed by atoms with Gasteiger partial charge in [-0.25, -0.2) is 5.48 Å². The monoisotopic (exact) mass is 223 g/mol. The zero-order valence-electron chi connectivity index (χ0n) is 10.4. The first-order valence-corrected chi connectivity index (χ1v) is 5.70. The normalized spacial score (nSPS) is 11.4. The van der Waals surface area contributed by atoms with E-state index in [2.05, 4.69) is 19.3 Å². The minimum Gasteiger partial charge on any atom is -0.507 e. The van der Waals surface area contributed by atoms with Gasteiger partial charge in [-0.2, -0.15) is 0 Å². The van der Waals surface area contributed by atoms with E-state index in [-0.39, 0.29) is 12.5 Å². The molecule has 0 saturated carbocycles. The van der Waals surface area contributed by atoms with E-state index in [4.69, 9.17) is 5.21 Å². The molecule has 1 rings (SSSR count). The number of hydroxylamine groups is 1. The van der Waals surface area contributed by atoms with Gasteiger partial charge in [0.15, 0.2) is 0 Å². The molecule has 1 aromatic carbocycles. The van der Waals surface area contributed by atoms with Gasteiger partial charge >= 0.3 is 0 Å². The van der Waals surface area contributed by atoms with E-state index in [1.165, 1.54) is 0 Å². The molecule has 0 aliphatic carbocycles. The largest absolute Gasteiger partial charge is 0.507 e. The number of aromatic hydroxyl groups is 1. The molecule has 0 radical (unpaired) electrons. The quantitative estimate of drug-likeness (QED) is 0.687. The van der Waals surface area contributed by atoms with Gasteiger partial charge in [-0.15, -0.1) is 0 Å². The molecule has 0 aromatic heterocycles. The van der Waals surface area contributed by atoms with Gasteiger partial charge < -0.3 is 10.3 Å². The number of phenols is 1. The molecule has 0 spiro atoms. The second-order valence-corrected chi connectivity index (χ2v) is 4.72. The summed E-state index contributed by atoms with van der Waals surface area (Å²) in [4.78, 5) is 0. The molecule has 3 heteroatoms. The fraction of sp³-hybridized carbons (Fsp3) is 0.538. The summed E-state index contributed by atoms with van der Waals surface area (Å²) < 4.78 is 0. The molecule has 0 unspecified atom stereocenters. The molecule has 0 saturated heterocycles. The standard InChI is InChI=1S/C13H21NO2/c1-8(2)10-5-6-11(9(3)4)13(15)12(10)7-14-16/h5-6,8-9,14-16H,7H2,1-4H3. The maximum absolute atomic E-state index is 10.2. The van der Waals surface area contributed by atoms with Crippen molar-refractivity contribution < 1.29 is 10.3 Å². The van der Waals surface area contributed by atoms with Gasteiger partial charge in [0, 0.05) is 12.1 Å². The molecule has 0 atom stereocenters. The van der Waals surface area contributed by atoms with Crippen molar-refractivity contribution in [2.24, 2.45) is 0 Å². The first-order chi connectivity index (χ1) is 7.49. The van der Waals surface area contributed by atoms with Crippen molar-refractivity contribution in [3.8, 4) is 5.75 Å². The topological polar surface area (TPSA) is 52.5 Å². The van der Waals surface area contributed by atoms with Gasteiger partial charge in [0.2, 0.25) is 0 Å². The van der Waals surface area contributed by atoms with Crippen molar-refractivity contribution in [2.45, 2.75) is 46.1 Å². The highest BCUT2D eigenvalue weighted by Gasteiger charge is 2.15. The molecule has 1 aromatic rings. The number of benzene rings is 1. The number of phenolic OH excluding ortho intramolecular Hbond substituents is 1. The van der Waals surface area contributed by atoms with E-state index in [0.717, 1.165) is 16.7 Å². The van der Waals surface area contributed by atoms with Gasteiger partial charge in [0.05, 0.1) is 0 Å². The minimum absolute atomic E-state index is 0.277. The third-order valence-corrected chi connectivity index (χ3v) is 2.85. The summed E-state index contributed by atoms with van der Waals surface area (Å²) in [5.41, 5.74) is 4.92. The van der Waals surface area contributed by atoms with Crippen LogP contribution < -0.4 is 5.48 Å². The zero-order valence-corrected chi connectivity index (χ0v) is 10.4. The fourth-order valence-corrected chi connectivity index (χ4v) is 1.94. The summed E-state index contributed by atoms with van der Waals surface area (Å²) >= 11 is 0. The molecule has 0 aliphatic heterocycles. The lowest BCUT2D eigenvalue weighted by molar-refractivity contribution is 0.159. The average molecular weight is 223 g/mol. The van der Waals surface area contributed by atoms with E-state index in [1.807, 2.05) is 26.0 Å². The summed E-state index contributed by atoms with van der Waals surface area (Å²) in [6.07, 6.45) is 0. The predicted molar refractivity (Wildman–Crippen MR) is 64.9 cm³/mol. The molecule has 0 aliphatic rings. The van der Waals surface area contributed by atoms with Crippen LogP contribution in [0.5, 0.6) is 5.75 Å². The maximum Gasteiger partial charge on any atom is 0.123 e. The van der Waals surface area contributed by atoms with Crippen molar-refractivity contribution in [2.75, 3.05) is 0 Å². The summed E-state index contributed by atoms with van der Waals surface area (Å²) in [5, 5.41) is 19.0. The molecular weight excluding hydrogens is 202 g/mol. The Morgan fingerprint density at radius 2 is 1.56 bits per heavy atom. The molecule has 0 bridgehead atoms. The Labute approximate surface area is 97.1 Å². The van der Waals surface area contributed by atoms with Crippen molar-refractivity contribution in [1.82, 2.24) is 5.48 Å². The van der Waals surface area contributed by atoms with Gasteiger partial charge in [0.1, 0.15) is 5.75 Å². The van der Waals surface area contributed by atoms with Gasteiger partial charge in [-0.05, 0) is 23.0 Å². The molecule has 90 valence electrons. The van der Waals surface area contributed by atoms with Crippen LogP contribution in [-0.4, -0.2) is 10.3 Å². The second kappa shape index (κ2) is 5.32. The van der Waals surface area contributed by atoms with E-state index < -0.39 is 0 Å². The van der Waals surface area contributed by atoms with Crippen molar-refractivity contribution >= 4 is 0 Å². The lowest BCUT2D eigenvalue weighted by Gasteiger charge is -2.18. The van der Waals surface area contributed by atoms with Crippen LogP contribution in [0.25, 0.3) is 0 Å². The number of rotatable bonds is 4. The van der Waals surface area contributed by atoms with Crippen LogP contribution in [0.3, 0.4) is 0 Å². The van der Waals surface area contributed by atoms with Crippen molar-refractivity contribution in [3.05, 3.63) is 28.8 Å². The molecule has 3 nitrogen and oxygen atoms in total. The van der Waals surface area contributed by atoms with Crippen LogP contribution in [0.2, 0.25) is 0 Å². The van der Waals surface area contributed by atoms with Crippen molar-refractivity contribution in [1.29, 1.82) is 0 Å². The third-order valence-electron chi connectivity index (χ3n) is 2.85. The van der Waals surface area contributed by atoms with Crippen LogP contribution in [0.4, 0.5) is 0 Å². The first-order valence-electron chi connectivity index (χ1n) is 5.70. The maximum atomic E-state index is 10.2. The Morgan fingerprint density at radius 3 is 2.00 bits per heavy atom.